The average molecular weight is 1060 g/mol. The Morgan fingerprint density at radius 2 is 1.63 bits per heavy atom. The summed E-state index contributed by atoms with van der Waals surface area (Å²) >= 11 is 8.78. The van der Waals surface area contributed by atoms with Crippen LogP contribution in [0.5, 0.6) is 0 Å². The number of esters is 1. The fourth-order valence-electron chi connectivity index (χ4n) is 8.89. The topological polar surface area (TPSA) is 259 Å². The lowest BCUT2D eigenvalue weighted by atomic mass is 10.0. The highest BCUT2D eigenvalue weighted by Crippen LogP contribution is 2.36. The molecule has 73 heavy (non-hydrogen) atoms. The van der Waals surface area contributed by atoms with E-state index in [9.17, 15) is 43.2 Å². The van der Waals surface area contributed by atoms with Crippen LogP contribution in [0.25, 0.3) is 0 Å². The quantitative estimate of drug-likeness (QED) is 0.0878. The van der Waals surface area contributed by atoms with Gasteiger partial charge in [0.15, 0.2) is 6.73 Å². The number of likely N-dealkylation sites (tertiary alicyclic amines) is 1. The summed E-state index contributed by atoms with van der Waals surface area (Å²) in [6, 6.07) is 12.3. The lowest BCUT2D eigenvalue weighted by Crippen LogP contribution is -2.55. The molecule has 2 unspecified atom stereocenters. The minimum atomic E-state index is -0.872. The number of nitrogens with one attached hydrogen (secondary N) is 4. The Balaban J connectivity index is 0.000000196. The van der Waals surface area contributed by atoms with Crippen LogP contribution in [-0.2, 0) is 70.8 Å². The maximum atomic E-state index is 13.2. The van der Waals surface area contributed by atoms with Gasteiger partial charge in [-0.1, -0.05) is 43.6 Å². The number of urea groups is 1. The number of hydrogen-bond donors (Lipinski definition) is 5. The number of amides is 9. The largest absolute Gasteiger partial charge is 0.443 e. The van der Waals surface area contributed by atoms with Crippen LogP contribution in [0.1, 0.15) is 91.6 Å². The van der Waals surface area contributed by atoms with Crippen molar-refractivity contribution in [2.75, 3.05) is 43.3 Å². The van der Waals surface area contributed by atoms with Crippen molar-refractivity contribution in [2.45, 2.75) is 97.2 Å². The second-order valence-corrected chi connectivity index (χ2v) is 21.0. The van der Waals surface area contributed by atoms with Crippen LogP contribution in [0.2, 0.25) is 5.02 Å². The zero-order chi connectivity index (χ0) is 52.1. The molecule has 23 heteroatoms. The Bertz CT molecular complexity index is 2830. The number of nitrogens with two attached hydrogens (primary N) is 1. The lowest BCUT2D eigenvalue weighted by molar-refractivity contribution is -0.165. The number of nitrogens with zero attached hydrogens (tertiary/aromatic N) is 4. The number of hydrogen-bond acceptors (Lipinski definition) is 15. The van der Waals surface area contributed by atoms with Gasteiger partial charge in [0, 0.05) is 70.6 Å². The van der Waals surface area contributed by atoms with Gasteiger partial charge in [0.2, 0.25) is 23.6 Å². The van der Waals surface area contributed by atoms with Gasteiger partial charge in [-0.3, -0.25) is 43.7 Å². The van der Waals surface area contributed by atoms with Gasteiger partial charge in [0.05, 0.1) is 43.2 Å². The molecule has 0 spiro atoms. The van der Waals surface area contributed by atoms with Crippen LogP contribution in [0.4, 0.5) is 16.2 Å². The highest BCUT2D eigenvalue weighted by molar-refractivity contribution is 7.14. The number of benzene rings is 2. The summed E-state index contributed by atoms with van der Waals surface area (Å²) < 4.78 is 10.5. The molecule has 5 aliphatic heterocycles. The SMILES string of the molecule is Cc1ccc(NC(=O)NCc2cc3c(s2)C(=O)N(C2CCC(=O)N(COC(=O)[C@H](N)C(C)C)C2=O)C3)cc1Cl.O=C(Cc1ccc(N2CCOCC2)cc1)NCc1scc2c1CN(C1CCC(=O)NC1=O)C2=O. The molecule has 0 bridgehead atoms. The molecule has 9 amide bonds. The summed E-state index contributed by atoms with van der Waals surface area (Å²) in [7, 11) is 0. The molecule has 0 radical (unpaired) electrons. The van der Waals surface area contributed by atoms with E-state index in [2.05, 4.69) is 26.2 Å². The van der Waals surface area contributed by atoms with E-state index in [-0.39, 0.29) is 68.3 Å². The summed E-state index contributed by atoms with van der Waals surface area (Å²) in [5.41, 5.74) is 11.5. The number of fused-ring (bicyclic) bond motifs is 2. The van der Waals surface area contributed by atoms with Gasteiger partial charge in [-0.2, -0.15) is 0 Å². The number of imide groups is 2. The van der Waals surface area contributed by atoms with E-state index in [1.54, 1.807) is 37.4 Å². The molecule has 3 fully saturated rings. The van der Waals surface area contributed by atoms with Crippen LogP contribution in [0.3, 0.4) is 0 Å². The maximum Gasteiger partial charge on any atom is 0.324 e. The first-order valence-corrected chi connectivity index (χ1v) is 25.9. The predicted octanol–water partition coefficient (Wildman–Crippen LogP) is 4.19. The van der Waals surface area contributed by atoms with Gasteiger partial charge in [-0.05, 0) is 78.3 Å². The van der Waals surface area contributed by atoms with Crippen LogP contribution >= 0.6 is 34.3 Å². The van der Waals surface area contributed by atoms with Gasteiger partial charge < -0.3 is 45.9 Å². The molecule has 386 valence electrons. The van der Waals surface area contributed by atoms with Crippen molar-refractivity contribution in [1.82, 2.24) is 30.7 Å². The van der Waals surface area contributed by atoms with Crippen molar-refractivity contribution in [2.24, 2.45) is 11.7 Å². The third kappa shape index (κ3) is 12.2. The second kappa shape index (κ2) is 23.0. The third-order valence-electron chi connectivity index (χ3n) is 13.2. The Morgan fingerprint density at radius 3 is 2.33 bits per heavy atom. The molecule has 9 rings (SSSR count). The summed E-state index contributed by atoms with van der Waals surface area (Å²) in [5.74, 6) is -3.25. The monoisotopic (exact) mass is 1060 g/mol. The highest BCUT2D eigenvalue weighted by atomic mass is 35.5. The smallest absolute Gasteiger partial charge is 0.324 e. The number of thiophene rings is 2. The van der Waals surface area contributed by atoms with Crippen molar-refractivity contribution in [3.8, 4) is 0 Å². The Hall–Kier alpha value is -6.72. The second-order valence-electron chi connectivity index (χ2n) is 18.5. The lowest BCUT2D eigenvalue weighted by Gasteiger charge is -2.35. The van der Waals surface area contributed by atoms with E-state index in [4.69, 9.17) is 26.8 Å². The first-order chi connectivity index (χ1) is 34.9. The molecule has 0 saturated carbocycles. The third-order valence-corrected chi connectivity index (χ3v) is 15.8. The fourth-order valence-corrected chi connectivity index (χ4v) is 11.1. The number of rotatable bonds is 14. The van der Waals surface area contributed by atoms with Gasteiger partial charge in [0.1, 0.15) is 18.1 Å². The van der Waals surface area contributed by atoms with E-state index in [1.807, 2.05) is 37.3 Å². The molecule has 20 nitrogen and oxygen atoms in total. The van der Waals surface area contributed by atoms with Crippen LogP contribution < -0.4 is 31.9 Å². The number of halogens is 1. The number of carbonyl (C=O) groups excluding carboxylic acids is 9. The molecule has 4 aromatic rings. The van der Waals surface area contributed by atoms with Gasteiger partial charge >= 0.3 is 12.0 Å². The van der Waals surface area contributed by atoms with Crippen molar-refractivity contribution in [3.63, 3.8) is 0 Å². The number of piperidine rings is 2. The zero-order valence-corrected chi connectivity index (χ0v) is 42.8. The van der Waals surface area contributed by atoms with Gasteiger partial charge in [0.25, 0.3) is 17.7 Å². The molecule has 6 N–H and O–H groups in total. The number of anilines is 2. The first kappa shape index (κ1) is 52.6. The van der Waals surface area contributed by atoms with Gasteiger partial charge in [-0.15, -0.1) is 22.7 Å². The van der Waals surface area contributed by atoms with Crippen LogP contribution in [0, 0.1) is 12.8 Å². The normalized spacial score (nSPS) is 19.0. The van der Waals surface area contributed by atoms with Crippen LogP contribution in [-0.4, -0.2) is 119 Å². The molecular weight excluding hydrogens is 1000 g/mol. The number of carbonyl (C=O) groups is 9. The van der Waals surface area contributed by atoms with Crippen molar-refractivity contribution in [3.05, 3.63) is 101 Å². The molecule has 5 aliphatic rings. The first-order valence-electron chi connectivity index (χ1n) is 23.9. The highest BCUT2D eigenvalue weighted by Gasteiger charge is 2.44. The minimum Gasteiger partial charge on any atom is -0.443 e. The van der Waals surface area contributed by atoms with E-state index < -0.39 is 54.6 Å². The van der Waals surface area contributed by atoms with Gasteiger partial charge in [-0.25, -0.2) is 9.69 Å². The number of ether oxygens (including phenoxy) is 2. The minimum absolute atomic E-state index is 0.0398. The summed E-state index contributed by atoms with van der Waals surface area (Å²) in [6.07, 6.45) is 1.06. The summed E-state index contributed by atoms with van der Waals surface area (Å²) in [5, 5.41) is 13.1. The molecule has 3 atom stereocenters. The van der Waals surface area contributed by atoms with E-state index >= 15 is 0 Å². The van der Waals surface area contributed by atoms with Crippen molar-refractivity contribution < 1.29 is 52.6 Å². The Morgan fingerprint density at radius 1 is 0.904 bits per heavy atom. The van der Waals surface area contributed by atoms with Crippen molar-refractivity contribution >= 4 is 99.0 Å². The van der Waals surface area contributed by atoms with Crippen molar-refractivity contribution in [1.29, 1.82) is 0 Å². The molecule has 2 aromatic heterocycles. The summed E-state index contributed by atoms with van der Waals surface area (Å²) in [6.45, 7) is 9.11. The molecule has 2 aromatic carbocycles. The number of morpholine rings is 1. The zero-order valence-electron chi connectivity index (χ0n) is 40.5. The average Bonchev–Trinajstić information content (AvgIpc) is 4.13. The van der Waals surface area contributed by atoms with E-state index in [1.165, 1.54) is 32.5 Å². The number of aryl methyl sites for hydroxylation is 1. The summed E-state index contributed by atoms with van der Waals surface area (Å²) in [4.78, 5) is 120. The standard InChI is InChI=1S/C26H30ClN5O6S.C24H26N4O5S/c1-13(2)21(28)25(36)38-12-32-20(33)7-6-19(23(32)34)31-11-15-8-17(39-22(15)24(31)35)10-29-26(37)30-16-5-4-14(3)18(27)9-16;29-21-6-5-19(23(31)26-21)28-13-17-18(24(28)32)14-34-20(17)12-25-22(30)11-15-1-3-16(4-2-15)27-7-9-33-10-8-27/h4-5,8-9,13,19,21H,6-7,10-12,28H2,1-3H3,(H2,29,30,37);1-4,14,19H,5-13H2,(H,25,30)(H,26,29,31)/t19?,21-;/m1./s1. The van der Waals surface area contributed by atoms with E-state index in [0.29, 0.717) is 40.7 Å². The molecule has 7 heterocycles. The maximum absolute atomic E-state index is 13.2. The molecule has 0 aliphatic carbocycles. The molecular formula is C50H56ClN9O11S2. The Kier molecular flexibility index (Phi) is 16.6. The van der Waals surface area contributed by atoms with E-state index in [0.717, 1.165) is 68.9 Å². The molecule has 3 saturated heterocycles. The Labute approximate surface area is 433 Å². The predicted molar refractivity (Wildman–Crippen MR) is 270 cm³/mol. The fraction of sp³-hybridized carbons (Fsp3) is 0.420. The van der Waals surface area contributed by atoms with Crippen LogP contribution in [0.15, 0.2) is 53.9 Å².